The van der Waals surface area contributed by atoms with Crippen molar-refractivity contribution in [2.24, 2.45) is 7.05 Å². The fourth-order valence-electron chi connectivity index (χ4n) is 2.12. The van der Waals surface area contributed by atoms with Gasteiger partial charge in [-0.1, -0.05) is 0 Å². The molecule has 0 saturated heterocycles. The zero-order chi connectivity index (χ0) is 16.3. The molecule has 1 aromatic heterocycles. The molecule has 0 aliphatic carbocycles. The average molecular weight is 323 g/mol. The van der Waals surface area contributed by atoms with Crippen LogP contribution in [0.25, 0.3) is 0 Å². The number of rotatable bonds is 6. The highest BCUT2D eigenvalue weighted by atomic mass is 32.2. The van der Waals surface area contributed by atoms with E-state index in [-0.39, 0.29) is 11.4 Å². The van der Waals surface area contributed by atoms with Gasteiger partial charge in [-0.15, -0.1) is 0 Å². The highest BCUT2D eigenvalue weighted by molar-refractivity contribution is 7.89. The minimum atomic E-state index is -3.62. The molecule has 7 heteroatoms. The normalized spacial score (nSPS) is 11.6. The molecule has 2 aromatic rings. The van der Waals surface area contributed by atoms with Crippen molar-refractivity contribution in [1.82, 2.24) is 14.3 Å². The Hall–Kier alpha value is -1.86. The molecule has 1 N–H and O–H groups in total. The fraction of sp³-hybridized carbons (Fsp3) is 0.400. The second-order valence-corrected chi connectivity index (χ2v) is 7.00. The van der Waals surface area contributed by atoms with E-state index in [4.69, 9.17) is 4.74 Å². The molecule has 0 bridgehead atoms. The molecular formula is C15H21N3O3S. The van der Waals surface area contributed by atoms with Crippen molar-refractivity contribution in [1.29, 1.82) is 0 Å². The van der Waals surface area contributed by atoms with Crippen molar-refractivity contribution in [2.45, 2.75) is 25.2 Å². The van der Waals surface area contributed by atoms with Gasteiger partial charge in [-0.3, -0.25) is 0 Å². The second kappa shape index (κ2) is 6.50. The number of aromatic nitrogens is 2. The third kappa shape index (κ3) is 3.66. The SMILES string of the molecule is COc1cc(C)c(C)cc1S(=O)(=O)NCCc1cn(C)cn1. The minimum absolute atomic E-state index is 0.166. The summed E-state index contributed by atoms with van der Waals surface area (Å²) in [6.45, 7) is 4.08. The van der Waals surface area contributed by atoms with Crippen LogP contribution in [-0.4, -0.2) is 31.6 Å². The quantitative estimate of drug-likeness (QED) is 0.876. The van der Waals surface area contributed by atoms with Gasteiger partial charge in [-0.2, -0.15) is 0 Å². The van der Waals surface area contributed by atoms with E-state index in [1.165, 1.54) is 7.11 Å². The molecule has 2 rings (SSSR count). The van der Waals surface area contributed by atoms with Crippen LogP contribution < -0.4 is 9.46 Å². The lowest BCUT2D eigenvalue weighted by Crippen LogP contribution is -2.26. The molecule has 0 spiro atoms. The van der Waals surface area contributed by atoms with E-state index >= 15 is 0 Å². The van der Waals surface area contributed by atoms with Crippen molar-refractivity contribution in [2.75, 3.05) is 13.7 Å². The molecule has 0 fully saturated rings. The second-order valence-electron chi connectivity index (χ2n) is 5.27. The molecular weight excluding hydrogens is 302 g/mol. The summed E-state index contributed by atoms with van der Waals surface area (Å²) in [5, 5.41) is 0. The predicted molar refractivity (Wildman–Crippen MR) is 84.6 cm³/mol. The largest absolute Gasteiger partial charge is 0.495 e. The maximum atomic E-state index is 12.5. The number of ether oxygens (including phenoxy) is 1. The molecule has 0 atom stereocenters. The van der Waals surface area contributed by atoms with Gasteiger partial charge in [0.05, 0.1) is 19.1 Å². The molecule has 120 valence electrons. The summed E-state index contributed by atoms with van der Waals surface area (Å²) in [6, 6.07) is 3.37. The number of nitrogens with one attached hydrogen (secondary N) is 1. The first-order chi connectivity index (χ1) is 10.3. The number of hydrogen-bond acceptors (Lipinski definition) is 4. The van der Waals surface area contributed by atoms with Crippen LogP contribution in [0.5, 0.6) is 5.75 Å². The van der Waals surface area contributed by atoms with Crippen LogP contribution in [-0.2, 0) is 23.5 Å². The Morgan fingerprint density at radius 2 is 1.95 bits per heavy atom. The Bertz CT molecular complexity index is 766. The first-order valence-corrected chi connectivity index (χ1v) is 8.43. The van der Waals surface area contributed by atoms with Crippen LogP contribution in [0.1, 0.15) is 16.8 Å². The fourth-order valence-corrected chi connectivity index (χ4v) is 3.39. The summed E-state index contributed by atoms with van der Waals surface area (Å²) in [7, 11) is -0.270. The van der Waals surface area contributed by atoms with Crippen molar-refractivity contribution in [3.8, 4) is 5.75 Å². The van der Waals surface area contributed by atoms with E-state index in [1.54, 1.807) is 18.5 Å². The molecule has 0 radical (unpaired) electrons. The number of methoxy groups -OCH3 is 1. The van der Waals surface area contributed by atoms with Gasteiger partial charge in [0.25, 0.3) is 0 Å². The van der Waals surface area contributed by atoms with Crippen molar-refractivity contribution in [3.05, 3.63) is 41.5 Å². The van der Waals surface area contributed by atoms with E-state index in [1.807, 2.05) is 31.7 Å². The van der Waals surface area contributed by atoms with Gasteiger partial charge in [0.15, 0.2) is 0 Å². The lowest BCUT2D eigenvalue weighted by molar-refractivity contribution is 0.402. The molecule has 6 nitrogen and oxygen atoms in total. The Kier molecular flexibility index (Phi) is 4.87. The summed E-state index contributed by atoms with van der Waals surface area (Å²) < 4.78 is 34.5. The van der Waals surface area contributed by atoms with Crippen LogP contribution in [0.4, 0.5) is 0 Å². The average Bonchev–Trinajstić information content (AvgIpc) is 2.86. The van der Waals surface area contributed by atoms with Crippen LogP contribution in [0, 0.1) is 13.8 Å². The van der Waals surface area contributed by atoms with Crippen LogP contribution in [0.3, 0.4) is 0 Å². The summed E-state index contributed by atoms with van der Waals surface area (Å²) in [5.74, 6) is 0.355. The number of hydrogen-bond donors (Lipinski definition) is 1. The molecule has 1 aromatic carbocycles. The Morgan fingerprint density at radius 3 is 2.55 bits per heavy atom. The number of sulfonamides is 1. The topological polar surface area (TPSA) is 73.2 Å². The van der Waals surface area contributed by atoms with Crippen molar-refractivity contribution >= 4 is 10.0 Å². The van der Waals surface area contributed by atoms with Crippen LogP contribution >= 0.6 is 0 Å². The molecule has 0 saturated carbocycles. The highest BCUT2D eigenvalue weighted by Crippen LogP contribution is 2.27. The van der Waals surface area contributed by atoms with E-state index in [0.29, 0.717) is 12.2 Å². The van der Waals surface area contributed by atoms with E-state index in [9.17, 15) is 8.42 Å². The number of aryl methyl sites for hydroxylation is 3. The zero-order valence-corrected chi connectivity index (χ0v) is 14.1. The third-order valence-electron chi connectivity index (χ3n) is 3.50. The monoisotopic (exact) mass is 323 g/mol. The first kappa shape index (κ1) is 16.5. The lowest BCUT2D eigenvalue weighted by atomic mass is 10.1. The summed E-state index contributed by atoms with van der Waals surface area (Å²) in [4.78, 5) is 4.34. The number of benzene rings is 1. The predicted octanol–water partition coefficient (Wildman–Crippen LogP) is 1.57. The van der Waals surface area contributed by atoms with E-state index < -0.39 is 10.0 Å². The highest BCUT2D eigenvalue weighted by Gasteiger charge is 2.20. The van der Waals surface area contributed by atoms with Gasteiger partial charge in [0.1, 0.15) is 10.6 Å². The first-order valence-electron chi connectivity index (χ1n) is 6.95. The zero-order valence-electron chi connectivity index (χ0n) is 13.3. The van der Waals surface area contributed by atoms with E-state index in [0.717, 1.165) is 16.8 Å². The Balaban J connectivity index is 2.14. The van der Waals surface area contributed by atoms with Gasteiger partial charge < -0.3 is 9.30 Å². The number of nitrogens with zero attached hydrogens (tertiary/aromatic N) is 2. The standard InChI is InChI=1S/C15H21N3O3S/c1-11-7-14(21-4)15(8-12(11)2)22(19,20)17-6-5-13-9-18(3)10-16-13/h7-10,17H,5-6H2,1-4H3. The Morgan fingerprint density at radius 1 is 1.27 bits per heavy atom. The van der Waals surface area contributed by atoms with Gasteiger partial charge >= 0.3 is 0 Å². The summed E-state index contributed by atoms with van der Waals surface area (Å²) in [6.07, 6.45) is 4.09. The maximum Gasteiger partial charge on any atom is 0.244 e. The van der Waals surface area contributed by atoms with Crippen LogP contribution in [0.2, 0.25) is 0 Å². The summed E-state index contributed by atoms with van der Waals surface area (Å²) >= 11 is 0. The van der Waals surface area contributed by atoms with Gasteiger partial charge in [0.2, 0.25) is 10.0 Å². The number of imidazole rings is 1. The Labute approximate surface area is 131 Å². The molecule has 0 amide bonds. The smallest absolute Gasteiger partial charge is 0.244 e. The lowest BCUT2D eigenvalue weighted by Gasteiger charge is -2.13. The molecule has 0 aliphatic heterocycles. The van der Waals surface area contributed by atoms with E-state index in [2.05, 4.69) is 9.71 Å². The third-order valence-corrected chi connectivity index (χ3v) is 4.98. The van der Waals surface area contributed by atoms with Crippen LogP contribution in [0.15, 0.2) is 29.6 Å². The summed E-state index contributed by atoms with van der Waals surface area (Å²) in [5.41, 5.74) is 2.74. The maximum absolute atomic E-state index is 12.5. The van der Waals surface area contributed by atoms with Crippen molar-refractivity contribution < 1.29 is 13.2 Å². The van der Waals surface area contributed by atoms with Gasteiger partial charge in [-0.25, -0.2) is 18.1 Å². The molecule has 1 heterocycles. The molecule has 0 aliphatic rings. The van der Waals surface area contributed by atoms with Gasteiger partial charge in [0, 0.05) is 26.2 Å². The van der Waals surface area contributed by atoms with Gasteiger partial charge in [-0.05, 0) is 37.1 Å². The molecule has 0 unspecified atom stereocenters. The minimum Gasteiger partial charge on any atom is -0.495 e. The van der Waals surface area contributed by atoms with Crippen molar-refractivity contribution in [3.63, 3.8) is 0 Å². The molecule has 22 heavy (non-hydrogen) atoms.